The van der Waals surface area contributed by atoms with Gasteiger partial charge < -0.3 is 4.74 Å². The van der Waals surface area contributed by atoms with Crippen LogP contribution in [-0.2, 0) is 4.74 Å². The number of rotatable bonds is 1. The summed E-state index contributed by atoms with van der Waals surface area (Å²) < 4.78 is 5.16. The maximum absolute atomic E-state index is 11.5. The Kier molecular flexibility index (Phi) is 5.72. The molecule has 3 heteroatoms. The average molecular weight is 223 g/mol. The number of hydrogen-bond acceptors (Lipinski definition) is 3. The van der Waals surface area contributed by atoms with Gasteiger partial charge in [0.25, 0.3) is 0 Å². The summed E-state index contributed by atoms with van der Waals surface area (Å²) in [5, 5.41) is 0. The van der Waals surface area contributed by atoms with Gasteiger partial charge in [0.05, 0.1) is 0 Å². The van der Waals surface area contributed by atoms with E-state index < -0.39 is 5.60 Å². The second kappa shape index (κ2) is 6.26. The zero-order valence-electron chi connectivity index (χ0n) is 11.0. The van der Waals surface area contributed by atoms with Crippen molar-refractivity contribution >= 4 is 5.97 Å². The van der Waals surface area contributed by atoms with Crippen molar-refractivity contribution in [3.63, 3.8) is 0 Å². The minimum atomic E-state index is -0.469. The van der Waals surface area contributed by atoms with Crippen LogP contribution in [0.2, 0.25) is 0 Å². The largest absolute Gasteiger partial charge is 0.455 e. The lowest BCUT2D eigenvalue weighted by atomic mass is 10.2. The minimum Gasteiger partial charge on any atom is -0.455 e. The van der Waals surface area contributed by atoms with Crippen molar-refractivity contribution in [1.29, 1.82) is 0 Å². The molecule has 0 unspecified atom stereocenters. The molecule has 0 aliphatic heterocycles. The van der Waals surface area contributed by atoms with Crippen LogP contribution in [0.3, 0.4) is 0 Å². The molecular weight excluding hydrogens is 202 g/mol. The fourth-order valence-electron chi connectivity index (χ4n) is 0.919. The summed E-state index contributed by atoms with van der Waals surface area (Å²) in [6.45, 7) is 11.4. The summed E-state index contributed by atoms with van der Waals surface area (Å²) in [6, 6.07) is 3.51. The van der Waals surface area contributed by atoms with Gasteiger partial charge in [-0.05, 0) is 39.3 Å². The van der Waals surface area contributed by atoms with Crippen LogP contribution < -0.4 is 0 Å². The highest BCUT2D eigenvalue weighted by Crippen LogP contribution is 2.10. The number of pyridine rings is 1. The van der Waals surface area contributed by atoms with E-state index in [1.165, 1.54) is 0 Å². The molecule has 0 radical (unpaired) electrons. The molecule has 16 heavy (non-hydrogen) atoms. The van der Waals surface area contributed by atoms with Gasteiger partial charge in [0.15, 0.2) is 0 Å². The summed E-state index contributed by atoms with van der Waals surface area (Å²) in [7, 11) is 0. The summed E-state index contributed by atoms with van der Waals surface area (Å²) >= 11 is 0. The molecule has 0 atom stereocenters. The molecule has 3 nitrogen and oxygen atoms in total. The monoisotopic (exact) mass is 223 g/mol. The summed E-state index contributed by atoms with van der Waals surface area (Å²) in [5.41, 5.74) is 0.909. The first-order chi connectivity index (χ1) is 7.38. The number of nitrogens with zero attached hydrogens (tertiary/aromatic N) is 1. The summed E-state index contributed by atoms with van der Waals surface area (Å²) in [4.78, 5) is 15.5. The van der Waals surface area contributed by atoms with Gasteiger partial charge in [-0.15, -0.1) is 0 Å². The van der Waals surface area contributed by atoms with E-state index in [-0.39, 0.29) is 5.97 Å². The predicted octanol–water partition coefficient (Wildman–Crippen LogP) is 3.37. The van der Waals surface area contributed by atoms with E-state index in [0.29, 0.717) is 5.69 Å². The highest BCUT2D eigenvalue weighted by molar-refractivity contribution is 5.87. The molecule has 1 heterocycles. The molecule has 0 amide bonds. The molecule has 0 aliphatic carbocycles. The van der Waals surface area contributed by atoms with Crippen molar-refractivity contribution in [2.75, 3.05) is 0 Å². The molecule has 1 aromatic rings. The number of hydrogen-bond donors (Lipinski definition) is 0. The standard InChI is InChI=1S/C11H15NO2.C2H6/c1-8-5-6-9(12-7-8)10(13)14-11(2,3)4;1-2/h5-7H,1-4H3;1-2H3. The fraction of sp³-hybridized carbons (Fsp3) is 0.538. The maximum Gasteiger partial charge on any atom is 0.357 e. The number of carbonyl (C=O) groups is 1. The number of aryl methyl sites for hydroxylation is 1. The van der Waals surface area contributed by atoms with Crippen LogP contribution in [0, 0.1) is 6.92 Å². The first-order valence-corrected chi connectivity index (χ1v) is 5.54. The van der Waals surface area contributed by atoms with E-state index in [9.17, 15) is 4.79 Å². The van der Waals surface area contributed by atoms with Crippen molar-refractivity contribution < 1.29 is 9.53 Å². The van der Waals surface area contributed by atoms with Gasteiger partial charge in [0, 0.05) is 6.20 Å². The zero-order chi connectivity index (χ0) is 12.8. The molecule has 0 bridgehead atoms. The Morgan fingerprint density at radius 3 is 2.19 bits per heavy atom. The van der Waals surface area contributed by atoms with Gasteiger partial charge in [0.1, 0.15) is 11.3 Å². The smallest absolute Gasteiger partial charge is 0.357 e. The van der Waals surface area contributed by atoms with E-state index in [2.05, 4.69) is 4.98 Å². The van der Waals surface area contributed by atoms with Crippen molar-refractivity contribution in [2.45, 2.75) is 47.1 Å². The second-order valence-corrected chi connectivity index (χ2v) is 4.22. The Morgan fingerprint density at radius 1 is 1.25 bits per heavy atom. The van der Waals surface area contributed by atoms with E-state index in [4.69, 9.17) is 4.74 Å². The molecule has 0 saturated heterocycles. The molecule has 0 saturated carbocycles. The summed E-state index contributed by atoms with van der Waals surface area (Å²) in [6.07, 6.45) is 1.65. The fourth-order valence-corrected chi connectivity index (χ4v) is 0.919. The third-order valence-electron chi connectivity index (χ3n) is 1.52. The molecule has 0 aromatic carbocycles. The van der Waals surface area contributed by atoms with Crippen molar-refractivity contribution in [1.82, 2.24) is 4.98 Å². The van der Waals surface area contributed by atoms with Crippen molar-refractivity contribution in [3.8, 4) is 0 Å². The van der Waals surface area contributed by atoms with Gasteiger partial charge >= 0.3 is 5.97 Å². The number of aromatic nitrogens is 1. The lowest BCUT2D eigenvalue weighted by Gasteiger charge is -2.18. The van der Waals surface area contributed by atoms with Gasteiger partial charge in [-0.2, -0.15) is 0 Å². The lowest BCUT2D eigenvalue weighted by molar-refractivity contribution is 0.00629. The van der Waals surface area contributed by atoms with Gasteiger partial charge in [-0.25, -0.2) is 9.78 Å². The van der Waals surface area contributed by atoms with Gasteiger partial charge in [-0.1, -0.05) is 19.9 Å². The SMILES string of the molecule is CC.Cc1ccc(C(=O)OC(C)(C)C)nc1. The number of ether oxygens (including phenoxy) is 1. The molecular formula is C13H21NO2. The van der Waals surface area contributed by atoms with Crippen LogP contribution in [0.4, 0.5) is 0 Å². The first-order valence-electron chi connectivity index (χ1n) is 5.54. The third-order valence-corrected chi connectivity index (χ3v) is 1.52. The Hall–Kier alpha value is -1.38. The molecule has 0 aliphatic rings. The van der Waals surface area contributed by atoms with Crippen LogP contribution in [0.5, 0.6) is 0 Å². The van der Waals surface area contributed by atoms with Crippen LogP contribution in [0.15, 0.2) is 18.3 Å². The van der Waals surface area contributed by atoms with Gasteiger partial charge in [0.2, 0.25) is 0 Å². The molecule has 1 rings (SSSR count). The summed E-state index contributed by atoms with van der Waals surface area (Å²) in [5.74, 6) is -0.377. The van der Waals surface area contributed by atoms with Crippen LogP contribution in [-0.4, -0.2) is 16.6 Å². The highest BCUT2D eigenvalue weighted by atomic mass is 16.6. The third kappa shape index (κ3) is 5.49. The van der Waals surface area contributed by atoms with Gasteiger partial charge in [-0.3, -0.25) is 0 Å². The number of esters is 1. The Labute approximate surface area is 97.9 Å². The lowest BCUT2D eigenvalue weighted by Crippen LogP contribution is -2.24. The first kappa shape index (κ1) is 14.6. The van der Waals surface area contributed by atoms with Crippen LogP contribution in [0.25, 0.3) is 0 Å². The van der Waals surface area contributed by atoms with E-state index in [0.717, 1.165) is 5.56 Å². The molecule has 0 fully saturated rings. The average Bonchev–Trinajstić information content (AvgIpc) is 2.19. The zero-order valence-corrected chi connectivity index (χ0v) is 11.0. The van der Waals surface area contributed by atoms with Crippen LogP contribution >= 0.6 is 0 Å². The normalized spacial score (nSPS) is 10.1. The topological polar surface area (TPSA) is 39.2 Å². The molecule has 0 N–H and O–H groups in total. The maximum atomic E-state index is 11.5. The second-order valence-electron chi connectivity index (χ2n) is 4.22. The Morgan fingerprint density at radius 2 is 1.81 bits per heavy atom. The van der Waals surface area contributed by atoms with E-state index in [1.807, 2.05) is 47.6 Å². The van der Waals surface area contributed by atoms with E-state index >= 15 is 0 Å². The predicted molar refractivity (Wildman–Crippen MR) is 65.5 cm³/mol. The molecule has 1 aromatic heterocycles. The van der Waals surface area contributed by atoms with Crippen LogP contribution in [0.1, 0.15) is 50.7 Å². The quantitative estimate of drug-likeness (QED) is 0.685. The van der Waals surface area contributed by atoms with E-state index in [1.54, 1.807) is 12.3 Å². The minimum absolute atomic E-state index is 0.352. The Bertz CT molecular complexity index is 323. The van der Waals surface area contributed by atoms with Crippen molar-refractivity contribution in [3.05, 3.63) is 29.6 Å². The Balaban J connectivity index is 0.00000106. The molecule has 90 valence electrons. The van der Waals surface area contributed by atoms with Crippen molar-refractivity contribution in [2.24, 2.45) is 0 Å². The molecule has 0 spiro atoms. The highest BCUT2D eigenvalue weighted by Gasteiger charge is 2.18. The number of carbonyl (C=O) groups excluding carboxylic acids is 1.